The number of rotatable bonds is 6. The molecule has 0 N–H and O–H groups in total. The van der Waals surface area contributed by atoms with E-state index in [0.29, 0.717) is 0 Å². The predicted octanol–water partition coefficient (Wildman–Crippen LogP) is 5.75. The molecule has 0 bridgehead atoms. The van der Waals surface area contributed by atoms with Crippen LogP contribution in [0.3, 0.4) is 0 Å². The van der Waals surface area contributed by atoms with E-state index < -0.39 is 0 Å². The molecule has 0 spiro atoms. The van der Waals surface area contributed by atoms with E-state index in [1.165, 1.54) is 51.4 Å². The van der Waals surface area contributed by atoms with Gasteiger partial charge in [-0.3, -0.25) is 0 Å². The van der Waals surface area contributed by atoms with E-state index in [1.807, 2.05) is 6.08 Å². The van der Waals surface area contributed by atoms with Gasteiger partial charge in [-0.25, -0.2) is 0 Å². The SMILES string of the molecule is C=CC1CCCC1C.C=CCCCCCC. The van der Waals surface area contributed by atoms with Crippen LogP contribution in [0.25, 0.3) is 0 Å². The zero-order chi connectivity index (χ0) is 12.2. The van der Waals surface area contributed by atoms with Crippen molar-refractivity contribution in [3.05, 3.63) is 25.3 Å². The third kappa shape index (κ3) is 7.73. The molecule has 94 valence electrons. The second-order valence-electron chi connectivity index (χ2n) is 4.95. The van der Waals surface area contributed by atoms with Gasteiger partial charge in [-0.05, 0) is 31.1 Å². The molecule has 2 atom stereocenters. The molecule has 16 heavy (non-hydrogen) atoms. The van der Waals surface area contributed by atoms with Crippen molar-refractivity contribution in [2.45, 2.75) is 65.2 Å². The summed E-state index contributed by atoms with van der Waals surface area (Å²) in [7, 11) is 0. The highest BCUT2D eigenvalue weighted by Gasteiger charge is 2.19. The van der Waals surface area contributed by atoms with Crippen LogP contribution >= 0.6 is 0 Å². The minimum atomic E-state index is 0.829. The molecule has 1 aliphatic carbocycles. The maximum absolute atomic E-state index is 3.79. The van der Waals surface area contributed by atoms with Crippen LogP contribution in [0.4, 0.5) is 0 Å². The van der Waals surface area contributed by atoms with Crippen molar-refractivity contribution in [2.24, 2.45) is 11.8 Å². The van der Waals surface area contributed by atoms with E-state index in [1.54, 1.807) is 0 Å². The van der Waals surface area contributed by atoms with Gasteiger partial charge in [-0.1, -0.05) is 58.1 Å². The second-order valence-corrected chi connectivity index (χ2v) is 4.95. The molecule has 2 unspecified atom stereocenters. The van der Waals surface area contributed by atoms with Crippen LogP contribution in [0.15, 0.2) is 25.3 Å². The number of hydrogen-bond donors (Lipinski definition) is 0. The van der Waals surface area contributed by atoms with E-state index >= 15 is 0 Å². The molecule has 0 saturated heterocycles. The molecule has 1 saturated carbocycles. The van der Waals surface area contributed by atoms with Gasteiger partial charge >= 0.3 is 0 Å². The first kappa shape index (κ1) is 15.5. The highest BCUT2D eigenvalue weighted by molar-refractivity contribution is 4.86. The Bertz CT molecular complexity index is 169. The van der Waals surface area contributed by atoms with Gasteiger partial charge in [-0.2, -0.15) is 0 Å². The highest BCUT2D eigenvalue weighted by Crippen LogP contribution is 2.31. The van der Waals surface area contributed by atoms with Gasteiger partial charge < -0.3 is 0 Å². The van der Waals surface area contributed by atoms with Crippen LogP contribution in [0.5, 0.6) is 0 Å². The molecule has 0 heterocycles. The molecule has 1 aliphatic rings. The van der Waals surface area contributed by atoms with Gasteiger partial charge in [0.1, 0.15) is 0 Å². The van der Waals surface area contributed by atoms with Crippen LogP contribution in [0, 0.1) is 11.8 Å². The first-order valence-corrected chi connectivity index (χ1v) is 6.99. The number of unbranched alkanes of at least 4 members (excludes halogenated alkanes) is 4. The average molecular weight is 222 g/mol. The third-order valence-corrected chi connectivity index (χ3v) is 3.49. The molecule has 0 aromatic rings. The maximum Gasteiger partial charge on any atom is -0.0210 e. The lowest BCUT2D eigenvalue weighted by molar-refractivity contribution is 0.504. The topological polar surface area (TPSA) is 0 Å². The van der Waals surface area contributed by atoms with Crippen molar-refractivity contribution < 1.29 is 0 Å². The molecule has 0 heteroatoms. The summed E-state index contributed by atoms with van der Waals surface area (Å²) in [4.78, 5) is 0. The summed E-state index contributed by atoms with van der Waals surface area (Å²) in [6.45, 7) is 12.0. The van der Waals surface area contributed by atoms with Crippen LogP contribution in [0.2, 0.25) is 0 Å². The highest BCUT2D eigenvalue weighted by atomic mass is 14.2. The Morgan fingerprint density at radius 3 is 2.25 bits per heavy atom. The summed E-state index contributed by atoms with van der Waals surface area (Å²) in [6.07, 6.45) is 14.9. The van der Waals surface area contributed by atoms with Crippen LogP contribution in [-0.2, 0) is 0 Å². The first-order valence-electron chi connectivity index (χ1n) is 6.99. The Kier molecular flexibility index (Phi) is 10.6. The van der Waals surface area contributed by atoms with E-state index in [4.69, 9.17) is 0 Å². The van der Waals surface area contributed by atoms with Crippen molar-refractivity contribution in [2.75, 3.05) is 0 Å². The largest absolute Gasteiger partial charge is 0.103 e. The smallest absolute Gasteiger partial charge is 0.0210 e. The minimum absolute atomic E-state index is 0.829. The van der Waals surface area contributed by atoms with Gasteiger partial charge in [0.2, 0.25) is 0 Å². The standard InChI is InChI=1S/C8H14.C8H16/c1-3-8-6-4-5-7(8)2;1-3-5-7-8-6-4-2/h3,7-8H,1,4-6H2,2H3;3H,1,4-8H2,2H3. The number of allylic oxidation sites excluding steroid dienone is 2. The Morgan fingerprint density at radius 2 is 1.88 bits per heavy atom. The van der Waals surface area contributed by atoms with Gasteiger partial charge in [0.15, 0.2) is 0 Å². The Balaban J connectivity index is 0.000000281. The van der Waals surface area contributed by atoms with Gasteiger partial charge in [0, 0.05) is 0 Å². The van der Waals surface area contributed by atoms with E-state index in [-0.39, 0.29) is 0 Å². The summed E-state index contributed by atoms with van der Waals surface area (Å²) in [6, 6.07) is 0. The van der Waals surface area contributed by atoms with E-state index in [0.717, 1.165) is 11.8 Å². The predicted molar refractivity (Wildman–Crippen MR) is 75.7 cm³/mol. The van der Waals surface area contributed by atoms with Crippen LogP contribution < -0.4 is 0 Å². The summed E-state index contributed by atoms with van der Waals surface area (Å²) in [5.41, 5.74) is 0. The molecule has 0 nitrogen and oxygen atoms in total. The molecular weight excluding hydrogens is 192 g/mol. The lowest BCUT2D eigenvalue weighted by Crippen LogP contribution is -1.97. The lowest BCUT2D eigenvalue weighted by Gasteiger charge is -2.06. The van der Waals surface area contributed by atoms with Gasteiger partial charge in [0.25, 0.3) is 0 Å². The Hall–Kier alpha value is -0.520. The van der Waals surface area contributed by atoms with Crippen LogP contribution in [0.1, 0.15) is 65.2 Å². The van der Waals surface area contributed by atoms with Crippen molar-refractivity contribution >= 4 is 0 Å². The van der Waals surface area contributed by atoms with Crippen molar-refractivity contribution in [3.8, 4) is 0 Å². The quantitative estimate of drug-likeness (QED) is 0.396. The number of hydrogen-bond acceptors (Lipinski definition) is 0. The van der Waals surface area contributed by atoms with Crippen molar-refractivity contribution in [1.82, 2.24) is 0 Å². The average Bonchev–Trinajstić information content (AvgIpc) is 2.71. The van der Waals surface area contributed by atoms with Crippen LogP contribution in [-0.4, -0.2) is 0 Å². The summed E-state index contributed by atoms with van der Waals surface area (Å²) >= 11 is 0. The zero-order valence-corrected chi connectivity index (χ0v) is 11.4. The molecule has 1 rings (SSSR count). The molecule has 0 amide bonds. The fourth-order valence-electron chi connectivity index (χ4n) is 2.24. The fourth-order valence-corrected chi connectivity index (χ4v) is 2.24. The van der Waals surface area contributed by atoms with Gasteiger partial charge in [-0.15, -0.1) is 13.2 Å². The zero-order valence-electron chi connectivity index (χ0n) is 11.4. The molecule has 1 fully saturated rings. The Morgan fingerprint density at radius 1 is 1.12 bits per heavy atom. The van der Waals surface area contributed by atoms with E-state index in [2.05, 4.69) is 33.1 Å². The lowest BCUT2D eigenvalue weighted by atomic mass is 9.99. The van der Waals surface area contributed by atoms with Gasteiger partial charge in [0.05, 0.1) is 0 Å². The molecule has 0 radical (unpaired) electrons. The fraction of sp³-hybridized carbons (Fsp3) is 0.750. The summed E-state index contributed by atoms with van der Waals surface area (Å²) < 4.78 is 0. The second kappa shape index (κ2) is 11.0. The Labute approximate surface area is 103 Å². The van der Waals surface area contributed by atoms with Crippen molar-refractivity contribution in [1.29, 1.82) is 0 Å². The minimum Gasteiger partial charge on any atom is -0.103 e. The van der Waals surface area contributed by atoms with E-state index in [9.17, 15) is 0 Å². The monoisotopic (exact) mass is 222 g/mol. The summed E-state index contributed by atoms with van der Waals surface area (Å²) in [5.74, 6) is 1.74. The molecular formula is C16H30. The third-order valence-electron chi connectivity index (χ3n) is 3.49. The maximum atomic E-state index is 3.79. The normalized spacial score (nSPS) is 23.4. The van der Waals surface area contributed by atoms with Crippen molar-refractivity contribution in [3.63, 3.8) is 0 Å². The molecule has 0 aromatic heterocycles. The molecule has 0 aromatic carbocycles. The summed E-state index contributed by atoms with van der Waals surface area (Å²) in [5, 5.41) is 0. The first-order chi connectivity index (χ1) is 7.76. The molecule has 0 aliphatic heterocycles.